The first-order valence-corrected chi connectivity index (χ1v) is 13.3. The molecule has 0 atom stereocenters. The van der Waals surface area contributed by atoms with E-state index < -0.39 is 15.4 Å². The number of hydrogen-bond donors (Lipinski definition) is 0. The minimum atomic E-state index is -3.25. The number of benzene rings is 3. The zero-order valence-corrected chi connectivity index (χ0v) is 20.5. The molecule has 1 fully saturated rings. The zero-order chi connectivity index (χ0) is 24.3. The molecule has 4 rings (SSSR count). The first-order valence-electron chi connectivity index (χ1n) is 11.3. The summed E-state index contributed by atoms with van der Waals surface area (Å²) in [5.74, 6) is 0.326. The van der Waals surface area contributed by atoms with E-state index in [0.717, 1.165) is 30.4 Å². The van der Waals surface area contributed by atoms with Gasteiger partial charge in [0.2, 0.25) is 0 Å². The van der Waals surface area contributed by atoms with Gasteiger partial charge in [0.15, 0.2) is 9.84 Å². The standard InChI is InChI=1S/C27H26ClFO4S/c1-2-34(31,32)24-11-6-20(7-12-24)17-22(30)16-19-4-9-23(10-5-19)33-27(14-3-15-27)25-13-8-21(28)18-26(25)29/h4-13,18H,2-3,14-17H2,1H3. The zero-order valence-electron chi connectivity index (χ0n) is 18.9. The van der Waals surface area contributed by atoms with Crippen LogP contribution in [0.1, 0.15) is 42.9 Å². The Morgan fingerprint density at radius 1 is 0.971 bits per heavy atom. The first kappa shape index (κ1) is 24.4. The number of ketones is 1. The smallest absolute Gasteiger partial charge is 0.178 e. The molecule has 0 radical (unpaired) electrons. The van der Waals surface area contributed by atoms with Gasteiger partial charge in [-0.3, -0.25) is 4.79 Å². The first-order chi connectivity index (χ1) is 16.2. The monoisotopic (exact) mass is 500 g/mol. The third kappa shape index (κ3) is 5.34. The predicted molar refractivity (Wildman–Crippen MR) is 131 cm³/mol. The molecule has 0 amide bonds. The van der Waals surface area contributed by atoms with E-state index in [0.29, 0.717) is 16.3 Å². The van der Waals surface area contributed by atoms with Gasteiger partial charge >= 0.3 is 0 Å². The second-order valence-electron chi connectivity index (χ2n) is 8.66. The van der Waals surface area contributed by atoms with E-state index in [1.165, 1.54) is 6.07 Å². The molecular formula is C27H26ClFO4S. The highest BCUT2D eigenvalue weighted by Crippen LogP contribution is 2.46. The molecule has 1 saturated carbocycles. The van der Waals surface area contributed by atoms with Crippen LogP contribution in [0.25, 0.3) is 0 Å². The van der Waals surface area contributed by atoms with Crippen LogP contribution in [-0.4, -0.2) is 20.0 Å². The number of hydrogen-bond acceptors (Lipinski definition) is 4. The van der Waals surface area contributed by atoms with Crippen molar-refractivity contribution in [2.75, 3.05) is 5.75 Å². The SMILES string of the molecule is CCS(=O)(=O)c1ccc(CC(=O)Cc2ccc(OC3(c4ccc(Cl)cc4F)CCC3)cc2)cc1. The van der Waals surface area contributed by atoms with Crippen molar-refractivity contribution in [3.05, 3.63) is 94.3 Å². The van der Waals surface area contributed by atoms with Crippen molar-refractivity contribution < 1.29 is 22.3 Å². The molecule has 0 N–H and O–H groups in total. The molecule has 0 bridgehead atoms. The number of ether oxygens (including phenoxy) is 1. The topological polar surface area (TPSA) is 60.4 Å². The molecule has 0 heterocycles. The lowest BCUT2D eigenvalue weighted by Gasteiger charge is -2.42. The van der Waals surface area contributed by atoms with Gasteiger partial charge < -0.3 is 4.74 Å². The molecule has 178 valence electrons. The Labute approximate surface area is 204 Å². The minimum absolute atomic E-state index is 0.0264. The summed E-state index contributed by atoms with van der Waals surface area (Å²) in [4.78, 5) is 12.8. The molecule has 34 heavy (non-hydrogen) atoms. The van der Waals surface area contributed by atoms with Gasteiger partial charge in [-0.2, -0.15) is 0 Å². The summed E-state index contributed by atoms with van der Waals surface area (Å²) >= 11 is 5.90. The van der Waals surface area contributed by atoms with Crippen LogP contribution in [-0.2, 0) is 33.1 Å². The van der Waals surface area contributed by atoms with Crippen LogP contribution >= 0.6 is 11.6 Å². The van der Waals surface area contributed by atoms with Crippen LogP contribution in [0.15, 0.2) is 71.6 Å². The van der Waals surface area contributed by atoms with Crippen LogP contribution in [0.5, 0.6) is 5.75 Å². The van der Waals surface area contributed by atoms with E-state index in [-0.39, 0.29) is 35.1 Å². The fourth-order valence-corrected chi connectivity index (χ4v) is 5.23. The fraction of sp³-hybridized carbons (Fsp3) is 0.296. The van der Waals surface area contributed by atoms with Gasteiger partial charge in [0, 0.05) is 23.4 Å². The number of sulfone groups is 1. The second kappa shape index (κ2) is 9.88. The Hall–Kier alpha value is -2.70. The van der Waals surface area contributed by atoms with E-state index >= 15 is 0 Å². The summed E-state index contributed by atoms with van der Waals surface area (Å²) in [7, 11) is -3.25. The molecule has 0 unspecified atom stereocenters. The average Bonchev–Trinajstić information content (AvgIpc) is 2.78. The van der Waals surface area contributed by atoms with E-state index in [9.17, 15) is 17.6 Å². The van der Waals surface area contributed by atoms with Crippen LogP contribution in [0.2, 0.25) is 5.02 Å². The largest absolute Gasteiger partial charge is 0.482 e. The van der Waals surface area contributed by atoms with Crippen LogP contribution in [0, 0.1) is 5.82 Å². The van der Waals surface area contributed by atoms with E-state index in [1.54, 1.807) is 55.5 Å². The van der Waals surface area contributed by atoms with Crippen molar-refractivity contribution in [1.82, 2.24) is 0 Å². The van der Waals surface area contributed by atoms with Crippen molar-refractivity contribution in [1.29, 1.82) is 0 Å². The lowest BCUT2D eigenvalue weighted by molar-refractivity contribution is -0.117. The Morgan fingerprint density at radius 2 is 1.56 bits per heavy atom. The Bertz CT molecular complexity index is 1280. The summed E-state index contributed by atoms with van der Waals surface area (Å²) < 4.78 is 44.6. The predicted octanol–water partition coefficient (Wildman–Crippen LogP) is 6.09. The van der Waals surface area contributed by atoms with Crippen molar-refractivity contribution in [3.63, 3.8) is 0 Å². The Balaban J connectivity index is 1.38. The summed E-state index contributed by atoms with van der Waals surface area (Å²) in [6, 6.07) is 18.4. The summed E-state index contributed by atoms with van der Waals surface area (Å²) in [6.45, 7) is 1.60. The highest BCUT2D eigenvalue weighted by molar-refractivity contribution is 7.91. The number of Topliss-reactive ketones (excluding diaryl/α,β-unsaturated/α-hetero) is 1. The maximum Gasteiger partial charge on any atom is 0.178 e. The normalized spacial score (nSPS) is 14.9. The van der Waals surface area contributed by atoms with Crippen LogP contribution in [0.3, 0.4) is 0 Å². The molecule has 1 aliphatic carbocycles. The van der Waals surface area contributed by atoms with E-state index in [1.807, 2.05) is 12.1 Å². The Kier molecular flexibility index (Phi) is 7.10. The van der Waals surface area contributed by atoms with Gasteiger partial charge in [-0.25, -0.2) is 12.8 Å². The molecule has 3 aromatic rings. The summed E-state index contributed by atoms with van der Waals surface area (Å²) in [5.41, 5.74) is 1.45. The highest BCUT2D eigenvalue weighted by atomic mass is 35.5. The van der Waals surface area contributed by atoms with E-state index in [4.69, 9.17) is 16.3 Å². The fourth-order valence-electron chi connectivity index (χ4n) is 4.18. The molecule has 0 saturated heterocycles. The quantitative estimate of drug-likeness (QED) is 0.357. The lowest BCUT2D eigenvalue weighted by atomic mass is 9.74. The van der Waals surface area contributed by atoms with E-state index in [2.05, 4.69) is 0 Å². The number of halogens is 2. The van der Waals surface area contributed by atoms with Gasteiger partial charge in [0.1, 0.15) is 23.0 Å². The van der Waals surface area contributed by atoms with Crippen molar-refractivity contribution in [2.45, 2.75) is 49.5 Å². The second-order valence-corrected chi connectivity index (χ2v) is 11.4. The van der Waals surface area contributed by atoms with Crippen LogP contribution < -0.4 is 4.74 Å². The Morgan fingerprint density at radius 3 is 2.06 bits per heavy atom. The van der Waals surface area contributed by atoms with Gasteiger partial charge in [-0.1, -0.05) is 48.9 Å². The van der Waals surface area contributed by atoms with Gasteiger partial charge in [-0.05, 0) is 66.8 Å². The number of carbonyl (C=O) groups is 1. The maximum absolute atomic E-state index is 14.5. The van der Waals surface area contributed by atoms with Gasteiger partial charge in [0.05, 0.1) is 10.6 Å². The van der Waals surface area contributed by atoms with Gasteiger partial charge in [0.25, 0.3) is 0 Å². The maximum atomic E-state index is 14.5. The molecular weight excluding hydrogens is 475 g/mol. The molecule has 0 aliphatic heterocycles. The molecule has 0 spiro atoms. The number of rotatable bonds is 9. The molecule has 7 heteroatoms. The van der Waals surface area contributed by atoms with Crippen molar-refractivity contribution in [3.8, 4) is 5.75 Å². The van der Waals surface area contributed by atoms with Crippen molar-refractivity contribution in [2.24, 2.45) is 0 Å². The molecule has 1 aliphatic rings. The van der Waals surface area contributed by atoms with Crippen LogP contribution in [0.4, 0.5) is 4.39 Å². The average molecular weight is 501 g/mol. The molecule has 3 aromatic carbocycles. The molecule has 0 aromatic heterocycles. The van der Waals surface area contributed by atoms with Gasteiger partial charge in [-0.15, -0.1) is 0 Å². The third-order valence-electron chi connectivity index (χ3n) is 6.28. The third-order valence-corrected chi connectivity index (χ3v) is 8.27. The lowest BCUT2D eigenvalue weighted by Crippen LogP contribution is -2.41. The summed E-state index contributed by atoms with van der Waals surface area (Å²) in [6.07, 6.45) is 2.89. The molecule has 4 nitrogen and oxygen atoms in total. The number of carbonyl (C=O) groups excluding carboxylic acids is 1. The summed E-state index contributed by atoms with van der Waals surface area (Å²) in [5, 5.41) is 0.353. The minimum Gasteiger partial charge on any atom is -0.482 e. The highest BCUT2D eigenvalue weighted by Gasteiger charge is 2.43. The van der Waals surface area contributed by atoms with Crippen molar-refractivity contribution >= 4 is 27.2 Å².